The third-order valence-electron chi connectivity index (χ3n) is 3.38. The van der Waals surface area contributed by atoms with Gasteiger partial charge in [0.15, 0.2) is 11.5 Å². The van der Waals surface area contributed by atoms with E-state index in [4.69, 9.17) is 15.2 Å². The molecule has 0 aliphatic carbocycles. The summed E-state index contributed by atoms with van der Waals surface area (Å²) >= 11 is 1.59. The van der Waals surface area contributed by atoms with Crippen LogP contribution in [0.15, 0.2) is 23.1 Å². The molecule has 1 heterocycles. The van der Waals surface area contributed by atoms with Gasteiger partial charge in [0, 0.05) is 16.2 Å². The molecule has 1 aliphatic rings. The highest BCUT2D eigenvalue weighted by Gasteiger charge is 2.29. The Balaban J connectivity index is 2.11. The molecule has 2 atom stereocenters. The number of hydrogen-bond donors (Lipinski definition) is 2. The molecule has 0 saturated heterocycles. The van der Waals surface area contributed by atoms with Crippen LogP contribution in [-0.2, 0) is 0 Å². The number of fused-ring (bicyclic) bond motifs is 1. The van der Waals surface area contributed by atoms with Gasteiger partial charge in [0.25, 0.3) is 0 Å². The highest BCUT2D eigenvalue weighted by atomic mass is 32.2. The van der Waals surface area contributed by atoms with E-state index in [1.54, 1.807) is 11.8 Å². The fourth-order valence-electron chi connectivity index (χ4n) is 2.05. The third-order valence-corrected chi connectivity index (χ3v) is 4.65. The molecule has 0 fully saturated rings. The zero-order valence-corrected chi connectivity index (χ0v) is 13.1. The number of aliphatic hydroxyl groups excluding tert-OH is 1. The van der Waals surface area contributed by atoms with Crippen LogP contribution in [0, 0.1) is 5.41 Å². The number of ether oxygens (including phenoxy) is 2. The van der Waals surface area contributed by atoms with Gasteiger partial charge in [-0.2, -0.15) is 0 Å². The van der Waals surface area contributed by atoms with Crippen LogP contribution in [0.4, 0.5) is 0 Å². The maximum Gasteiger partial charge on any atom is 0.162 e. The summed E-state index contributed by atoms with van der Waals surface area (Å²) in [5, 5.41) is 9.56. The molecular weight excluding hydrogens is 274 g/mol. The standard InChI is InChI=1S/C15H23NO3S/c1-15(2,3)14(16)13(9-17)20-10-4-5-11-12(8-10)19-7-6-18-11/h4-5,8,13-14,17H,6-7,9,16H2,1-3H3. The number of benzene rings is 1. The predicted octanol–water partition coefficient (Wildman–Crippen LogP) is 2.28. The van der Waals surface area contributed by atoms with Crippen molar-refractivity contribution in [3.8, 4) is 11.5 Å². The van der Waals surface area contributed by atoms with E-state index in [0.717, 1.165) is 16.4 Å². The fraction of sp³-hybridized carbons (Fsp3) is 0.600. The molecule has 2 unspecified atom stereocenters. The zero-order chi connectivity index (χ0) is 14.8. The smallest absolute Gasteiger partial charge is 0.162 e. The largest absolute Gasteiger partial charge is 0.486 e. The lowest BCUT2D eigenvalue weighted by molar-refractivity contribution is 0.171. The van der Waals surface area contributed by atoms with E-state index < -0.39 is 0 Å². The average molecular weight is 297 g/mol. The summed E-state index contributed by atoms with van der Waals surface area (Å²) in [7, 11) is 0. The monoisotopic (exact) mass is 297 g/mol. The summed E-state index contributed by atoms with van der Waals surface area (Å²) in [6.45, 7) is 7.48. The average Bonchev–Trinajstić information content (AvgIpc) is 2.43. The first kappa shape index (κ1) is 15.5. The van der Waals surface area contributed by atoms with Crippen LogP contribution in [-0.4, -0.2) is 36.2 Å². The number of thioether (sulfide) groups is 1. The predicted molar refractivity (Wildman–Crippen MR) is 81.6 cm³/mol. The van der Waals surface area contributed by atoms with Crippen molar-refractivity contribution in [3.63, 3.8) is 0 Å². The maximum atomic E-state index is 9.60. The molecule has 0 radical (unpaired) electrons. The molecule has 0 amide bonds. The molecule has 0 aromatic heterocycles. The normalized spacial score (nSPS) is 17.6. The second-order valence-electron chi connectivity index (χ2n) is 6.04. The molecule has 20 heavy (non-hydrogen) atoms. The lowest BCUT2D eigenvalue weighted by atomic mass is 9.85. The van der Waals surface area contributed by atoms with Gasteiger partial charge < -0.3 is 20.3 Å². The maximum absolute atomic E-state index is 9.60. The topological polar surface area (TPSA) is 64.7 Å². The molecule has 5 heteroatoms. The quantitative estimate of drug-likeness (QED) is 0.835. The Bertz CT molecular complexity index is 459. The van der Waals surface area contributed by atoms with Gasteiger partial charge in [0.1, 0.15) is 13.2 Å². The summed E-state index contributed by atoms with van der Waals surface area (Å²) in [6, 6.07) is 5.76. The van der Waals surface area contributed by atoms with Crippen LogP contribution in [0.2, 0.25) is 0 Å². The summed E-state index contributed by atoms with van der Waals surface area (Å²) in [4.78, 5) is 1.04. The number of hydrogen-bond acceptors (Lipinski definition) is 5. The van der Waals surface area contributed by atoms with E-state index in [0.29, 0.717) is 13.2 Å². The van der Waals surface area contributed by atoms with Crippen LogP contribution >= 0.6 is 11.8 Å². The molecule has 0 saturated carbocycles. The molecule has 1 aromatic carbocycles. The first-order valence-electron chi connectivity index (χ1n) is 6.84. The Kier molecular flexibility index (Phi) is 4.83. The van der Waals surface area contributed by atoms with Crippen molar-refractivity contribution >= 4 is 11.8 Å². The Morgan fingerprint density at radius 3 is 2.50 bits per heavy atom. The molecule has 0 bridgehead atoms. The molecule has 1 aliphatic heterocycles. The highest BCUT2D eigenvalue weighted by molar-refractivity contribution is 8.00. The van der Waals surface area contributed by atoms with Crippen LogP contribution < -0.4 is 15.2 Å². The lowest BCUT2D eigenvalue weighted by Crippen LogP contribution is -2.45. The molecular formula is C15H23NO3S. The van der Waals surface area contributed by atoms with Gasteiger partial charge >= 0.3 is 0 Å². The van der Waals surface area contributed by atoms with Crippen molar-refractivity contribution in [2.75, 3.05) is 19.8 Å². The third kappa shape index (κ3) is 3.59. The van der Waals surface area contributed by atoms with Gasteiger partial charge in [0.2, 0.25) is 0 Å². The molecule has 4 nitrogen and oxygen atoms in total. The van der Waals surface area contributed by atoms with Crippen LogP contribution in [0.1, 0.15) is 20.8 Å². The highest BCUT2D eigenvalue weighted by Crippen LogP contribution is 2.37. The van der Waals surface area contributed by atoms with Gasteiger partial charge in [-0.1, -0.05) is 20.8 Å². The second kappa shape index (κ2) is 6.24. The minimum Gasteiger partial charge on any atom is -0.486 e. The Morgan fingerprint density at radius 1 is 1.25 bits per heavy atom. The van der Waals surface area contributed by atoms with Crippen molar-refractivity contribution in [2.45, 2.75) is 37.0 Å². The Hall–Kier alpha value is -0.910. The van der Waals surface area contributed by atoms with E-state index in [1.165, 1.54) is 0 Å². The SMILES string of the molecule is CC(C)(C)C(N)C(CO)Sc1ccc2c(c1)OCCO2. The van der Waals surface area contributed by atoms with Crippen molar-refractivity contribution in [1.82, 2.24) is 0 Å². The number of rotatable bonds is 4. The Labute approximate surface area is 124 Å². The van der Waals surface area contributed by atoms with Gasteiger partial charge in [0.05, 0.1) is 6.61 Å². The van der Waals surface area contributed by atoms with E-state index in [2.05, 4.69) is 20.8 Å². The first-order valence-corrected chi connectivity index (χ1v) is 7.72. The summed E-state index contributed by atoms with van der Waals surface area (Å²) < 4.78 is 11.1. The van der Waals surface area contributed by atoms with E-state index in [1.807, 2.05) is 18.2 Å². The van der Waals surface area contributed by atoms with E-state index >= 15 is 0 Å². The zero-order valence-electron chi connectivity index (χ0n) is 12.3. The van der Waals surface area contributed by atoms with Gasteiger partial charge in [-0.25, -0.2) is 0 Å². The van der Waals surface area contributed by atoms with Crippen LogP contribution in [0.5, 0.6) is 11.5 Å². The molecule has 2 rings (SSSR count). The first-order chi connectivity index (χ1) is 9.41. The minimum absolute atomic E-state index is 0.0439. The summed E-state index contributed by atoms with van der Waals surface area (Å²) in [5.41, 5.74) is 6.21. The second-order valence-corrected chi connectivity index (χ2v) is 7.35. The lowest BCUT2D eigenvalue weighted by Gasteiger charge is -2.33. The number of aliphatic hydroxyl groups is 1. The van der Waals surface area contributed by atoms with Crippen molar-refractivity contribution in [1.29, 1.82) is 0 Å². The number of nitrogens with two attached hydrogens (primary N) is 1. The van der Waals surface area contributed by atoms with Gasteiger partial charge in [-0.05, 0) is 23.6 Å². The van der Waals surface area contributed by atoms with E-state index in [9.17, 15) is 5.11 Å². The summed E-state index contributed by atoms with van der Waals surface area (Å²) in [5.74, 6) is 1.54. The van der Waals surface area contributed by atoms with Crippen LogP contribution in [0.3, 0.4) is 0 Å². The molecule has 3 N–H and O–H groups in total. The van der Waals surface area contributed by atoms with Crippen molar-refractivity contribution in [2.24, 2.45) is 11.1 Å². The molecule has 1 aromatic rings. The fourth-order valence-corrected chi connectivity index (χ4v) is 3.35. The van der Waals surface area contributed by atoms with Crippen molar-refractivity contribution in [3.05, 3.63) is 18.2 Å². The Morgan fingerprint density at radius 2 is 1.90 bits per heavy atom. The molecule has 0 spiro atoms. The van der Waals surface area contributed by atoms with E-state index in [-0.39, 0.29) is 23.3 Å². The van der Waals surface area contributed by atoms with Crippen molar-refractivity contribution < 1.29 is 14.6 Å². The van der Waals surface area contributed by atoms with Gasteiger partial charge in [-0.3, -0.25) is 0 Å². The van der Waals surface area contributed by atoms with Crippen LogP contribution in [0.25, 0.3) is 0 Å². The molecule has 112 valence electrons. The van der Waals surface area contributed by atoms with Gasteiger partial charge in [-0.15, -0.1) is 11.8 Å². The summed E-state index contributed by atoms with van der Waals surface area (Å²) in [6.07, 6.45) is 0. The minimum atomic E-state index is -0.0919.